The largest absolute Gasteiger partial charge is 0.378 e. The number of benzene rings is 3. The second kappa shape index (κ2) is 7.82. The Morgan fingerprint density at radius 3 is 2.53 bits per heavy atom. The Morgan fingerprint density at radius 2 is 1.75 bits per heavy atom. The third-order valence-corrected chi connectivity index (χ3v) is 8.29. The highest BCUT2D eigenvalue weighted by Crippen LogP contribution is 2.50. The summed E-state index contributed by atoms with van der Waals surface area (Å²) in [6.07, 6.45) is 5.44. The van der Waals surface area contributed by atoms with Crippen molar-refractivity contribution in [3.05, 3.63) is 101 Å². The Kier molecular flexibility index (Phi) is 5.09. The van der Waals surface area contributed by atoms with Crippen LogP contribution in [0.5, 0.6) is 0 Å². The average molecular weight is 445 g/mol. The van der Waals surface area contributed by atoms with E-state index in [1.807, 2.05) is 44.2 Å². The van der Waals surface area contributed by atoms with E-state index in [1.54, 1.807) is 6.07 Å². The number of aryl methyl sites for hydroxylation is 2. The van der Waals surface area contributed by atoms with Crippen LogP contribution in [-0.2, 0) is 10.0 Å². The molecule has 0 spiro atoms. The van der Waals surface area contributed by atoms with Crippen LogP contribution in [0.4, 0.5) is 11.4 Å². The zero-order valence-corrected chi connectivity index (χ0v) is 19.4. The van der Waals surface area contributed by atoms with Gasteiger partial charge in [0.2, 0.25) is 0 Å². The lowest BCUT2D eigenvalue weighted by atomic mass is 9.77. The van der Waals surface area contributed by atoms with E-state index in [9.17, 15) is 8.42 Å². The molecule has 164 valence electrons. The van der Waals surface area contributed by atoms with Crippen LogP contribution in [0.25, 0.3) is 0 Å². The van der Waals surface area contributed by atoms with Gasteiger partial charge < -0.3 is 5.32 Å². The predicted molar refractivity (Wildman–Crippen MR) is 131 cm³/mol. The first kappa shape index (κ1) is 20.8. The minimum atomic E-state index is -3.69. The molecular weight excluding hydrogens is 416 g/mol. The van der Waals surface area contributed by atoms with E-state index >= 15 is 0 Å². The lowest BCUT2D eigenvalue weighted by Gasteiger charge is -2.37. The maximum Gasteiger partial charge on any atom is 0.261 e. The van der Waals surface area contributed by atoms with E-state index in [-0.39, 0.29) is 12.0 Å². The summed E-state index contributed by atoms with van der Waals surface area (Å²) in [5.74, 6) is 0.573. The van der Waals surface area contributed by atoms with Gasteiger partial charge in [0, 0.05) is 11.6 Å². The summed E-state index contributed by atoms with van der Waals surface area (Å²) in [4.78, 5) is 0.298. The minimum absolute atomic E-state index is 0.202. The summed E-state index contributed by atoms with van der Waals surface area (Å²) in [5.41, 5.74) is 7.20. The number of sulfonamides is 1. The molecule has 0 bridgehead atoms. The lowest BCUT2D eigenvalue weighted by Crippen LogP contribution is -2.29. The van der Waals surface area contributed by atoms with E-state index < -0.39 is 10.0 Å². The van der Waals surface area contributed by atoms with Gasteiger partial charge in [-0.25, -0.2) is 8.42 Å². The van der Waals surface area contributed by atoms with Gasteiger partial charge >= 0.3 is 0 Å². The van der Waals surface area contributed by atoms with Crippen molar-refractivity contribution < 1.29 is 8.42 Å². The summed E-state index contributed by atoms with van der Waals surface area (Å²) in [6.45, 7) is 6.01. The molecule has 5 rings (SSSR count). The molecule has 3 atom stereocenters. The van der Waals surface area contributed by atoms with Crippen molar-refractivity contribution in [2.75, 3.05) is 10.0 Å². The van der Waals surface area contributed by atoms with Gasteiger partial charge in [0.05, 0.1) is 16.6 Å². The Balaban J connectivity index is 1.49. The van der Waals surface area contributed by atoms with Crippen molar-refractivity contribution in [2.24, 2.45) is 5.92 Å². The molecule has 2 N–H and O–H groups in total. The fourth-order valence-electron chi connectivity index (χ4n) is 4.91. The standard InChI is InChI=1S/C27H28N2O2S/c1-17-10-12-20(13-11-17)27-23-8-5-7-22(23)24-16-21(14-15-26(24)28-27)32(30,31)29-25-9-4-6-18(2)19(25)3/h4-7,9-16,22-23,27-29H,8H2,1-3H3/t22-,23+,27+/m0/s1. The average Bonchev–Trinajstić information content (AvgIpc) is 3.27. The Morgan fingerprint density at radius 1 is 0.969 bits per heavy atom. The highest BCUT2D eigenvalue weighted by Gasteiger charge is 2.38. The monoisotopic (exact) mass is 444 g/mol. The van der Waals surface area contributed by atoms with E-state index in [0.29, 0.717) is 16.5 Å². The van der Waals surface area contributed by atoms with Gasteiger partial charge in [0.15, 0.2) is 0 Å². The van der Waals surface area contributed by atoms with Gasteiger partial charge in [0.25, 0.3) is 10.0 Å². The fourth-order valence-corrected chi connectivity index (χ4v) is 6.07. The number of anilines is 2. The quantitative estimate of drug-likeness (QED) is 0.468. The Bertz CT molecular complexity index is 1310. The molecule has 32 heavy (non-hydrogen) atoms. The Labute approximate surface area is 190 Å². The third-order valence-electron chi connectivity index (χ3n) is 6.93. The van der Waals surface area contributed by atoms with Gasteiger partial charge in [0.1, 0.15) is 0 Å². The van der Waals surface area contributed by atoms with Crippen molar-refractivity contribution in [2.45, 2.75) is 44.0 Å². The topological polar surface area (TPSA) is 58.2 Å². The summed E-state index contributed by atoms with van der Waals surface area (Å²) in [5, 5.41) is 3.69. The van der Waals surface area contributed by atoms with Crippen molar-refractivity contribution in [1.82, 2.24) is 0 Å². The minimum Gasteiger partial charge on any atom is -0.378 e. The lowest BCUT2D eigenvalue weighted by molar-refractivity contribution is 0.425. The van der Waals surface area contributed by atoms with E-state index in [1.165, 1.54) is 11.1 Å². The molecule has 0 saturated heterocycles. The molecule has 4 nitrogen and oxygen atoms in total. The van der Waals surface area contributed by atoms with Crippen LogP contribution in [0.15, 0.2) is 77.7 Å². The molecule has 1 heterocycles. The van der Waals surface area contributed by atoms with Crippen LogP contribution in [-0.4, -0.2) is 8.42 Å². The molecule has 0 saturated carbocycles. The van der Waals surface area contributed by atoms with Crippen molar-refractivity contribution >= 4 is 21.4 Å². The second-order valence-corrected chi connectivity index (χ2v) is 10.7. The molecule has 5 heteroatoms. The third kappa shape index (κ3) is 3.61. The first-order valence-corrected chi connectivity index (χ1v) is 12.5. The molecule has 0 radical (unpaired) electrons. The predicted octanol–water partition coefficient (Wildman–Crippen LogP) is 6.24. The van der Waals surface area contributed by atoms with Crippen LogP contribution in [0, 0.1) is 26.7 Å². The summed E-state index contributed by atoms with van der Waals surface area (Å²) in [6, 6.07) is 20.0. The number of rotatable bonds is 4. The molecule has 3 aromatic carbocycles. The van der Waals surface area contributed by atoms with E-state index in [4.69, 9.17) is 0 Å². The fraction of sp³-hybridized carbons (Fsp3) is 0.259. The zero-order chi connectivity index (χ0) is 22.5. The second-order valence-electron chi connectivity index (χ2n) is 8.99. The van der Waals surface area contributed by atoms with Gasteiger partial charge in [-0.15, -0.1) is 0 Å². The highest BCUT2D eigenvalue weighted by molar-refractivity contribution is 7.92. The van der Waals surface area contributed by atoms with Gasteiger partial charge in [-0.1, -0.05) is 54.1 Å². The smallest absolute Gasteiger partial charge is 0.261 e. The summed E-state index contributed by atoms with van der Waals surface area (Å²) in [7, 11) is -3.69. The number of fused-ring (bicyclic) bond motifs is 3. The number of nitrogens with one attached hydrogen (secondary N) is 2. The molecule has 0 aromatic heterocycles. The van der Waals surface area contributed by atoms with Crippen LogP contribution in [0.2, 0.25) is 0 Å². The first-order valence-electron chi connectivity index (χ1n) is 11.1. The SMILES string of the molecule is Cc1ccc([C@H]2Nc3ccc(S(=O)(=O)Nc4cccc(C)c4C)cc3[C@H]3C=CC[C@H]32)cc1. The maximum atomic E-state index is 13.2. The molecule has 1 aliphatic carbocycles. The molecular formula is C27H28N2O2S. The molecule has 0 fully saturated rings. The normalized spacial score (nSPS) is 21.5. The van der Waals surface area contributed by atoms with Crippen LogP contribution in [0.1, 0.15) is 46.2 Å². The van der Waals surface area contributed by atoms with E-state index in [2.05, 4.69) is 53.4 Å². The highest BCUT2D eigenvalue weighted by atomic mass is 32.2. The number of hydrogen-bond acceptors (Lipinski definition) is 3. The van der Waals surface area contributed by atoms with Crippen LogP contribution in [0.3, 0.4) is 0 Å². The Hall–Kier alpha value is -3.05. The van der Waals surface area contributed by atoms with Crippen molar-refractivity contribution in [3.63, 3.8) is 0 Å². The van der Waals surface area contributed by atoms with Crippen molar-refractivity contribution in [1.29, 1.82) is 0 Å². The van der Waals surface area contributed by atoms with Crippen molar-refractivity contribution in [3.8, 4) is 0 Å². The molecule has 2 aliphatic rings. The van der Waals surface area contributed by atoms with Crippen LogP contribution >= 0.6 is 0 Å². The molecule has 0 amide bonds. The first-order chi connectivity index (χ1) is 15.3. The van der Waals surface area contributed by atoms with Gasteiger partial charge in [-0.2, -0.15) is 0 Å². The van der Waals surface area contributed by atoms with Gasteiger partial charge in [-0.05, 0) is 79.6 Å². The maximum absolute atomic E-state index is 13.2. The molecule has 3 aromatic rings. The molecule has 0 unspecified atom stereocenters. The number of allylic oxidation sites excluding steroid dienone is 2. The molecule has 1 aliphatic heterocycles. The zero-order valence-electron chi connectivity index (χ0n) is 18.6. The van der Waals surface area contributed by atoms with Gasteiger partial charge in [-0.3, -0.25) is 4.72 Å². The van der Waals surface area contributed by atoms with Crippen LogP contribution < -0.4 is 10.0 Å². The summed E-state index contributed by atoms with van der Waals surface area (Å²) >= 11 is 0. The van der Waals surface area contributed by atoms with E-state index in [0.717, 1.165) is 28.8 Å². The number of hydrogen-bond donors (Lipinski definition) is 2. The summed E-state index contributed by atoms with van der Waals surface area (Å²) < 4.78 is 29.2.